The summed E-state index contributed by atoms with van der Waals surface area (Å²) in [7, 11) is 1.32. The number of nitrogens with one attached hydrogen (secondary N) is 1. The fourth-order valence-electron chi connectivity index (χ4n) is 2.84. The fraction of sp³-hybridized carbons (Fsp3) is 0.556. The molecular weight excluding hydrogens is 325 g/mol. The van der Waals surface area contributed by atoms with Crippen LogP contribution in [-0.2, 0) is 9.53 Å². The zero-order chi connectivity index (χ0) is 18.4. The van der Waals surface area contributed by atoms with Gasteiger partial charge in [-0.2, -0.15) is 0 Å². The number of hydrogen-bond acceptors (Lipinski definition) is 4. The van der Waals surface area contributed by atoms with Crippen molar-refractivity contribution in [2.24, 2.45) is 5.92 Å². The average Bonchev–Trinajstić information content (AvgIpc) is 2.65. The molecule has 1 fully saturated rings. The maximum Gasteiger partial charge on any atom is 0.328 e. The number of carbonyl (C=O) groups is 2. The summed E-state index contributed by atoms with van der Waals surface area (Å²) in [6.45, 7) is 6.27. The molecule has 2 atom stereocenters. The molecule has 25 heavy (non-hydrogen) atoms. The summed E-state index contributed by atoms with van der Waals surface area (Å²) in [5.41, 5.74) is 0.938. The number of rotatable bonds is 5. The van der Waals surface area contributed by atoms with E-state index in [4.69, 9.17) is 4.74 Å². The number of esters is 1. The molecule has 6 nitrogen and oxygen atoms in total. The maximum atomic E-state index is 13.0. The number of amides is 2. The number of piperazine rings is 1. The van der Waals surface area contributed by atoms with Crippen LogP contribution in [0.3, 0.4) is 0 Å². The lowest BCUT2D eigenvalue weighted by atomic mass is 9.99. The molecule has 0 spiro atoms. The van der Waals surface area contributed by atoms with E-state index in [1.807, 2.05) is 13.8 Å². The number of hydrogen-bond donors (Lipinski definition) is 1. The molecule has 7 heteroatoms. The third-order valence-electron chi connectivity index (χ3n) is 4.71. The fourth-order valence-corrected chi connectivity index (χ4v) is 2.84. The highest BCUT2D eigenvalue weighted by molar-refractivity contribution is 5.84. The quantitative estimate of drug-likeness (QED) is 0.827. The van der Waals surface area contributed by atoms with Crippen molar-refractivity contribution in [3.8, 4) is 0 Å². The molecule has 1 heterocycles. The van der Waals surface area contributed by atoms with Crippen LogP contribution >= 0.6 is 0 Å². The maximum absolute atomic E-state index is 13.0. The van der Waals surface area contributed by atoms with E-state index < -0.39 is 12.0 Å². The molecule has 1 saturated heterocycles. The van der Waals surface area contributed by atoms with Gasteiger partial charge < -0.3 is 19.9 Å². The molecule has 1 N–H and O–H groups in total. The topological polar surface area (TPSA) is 61.9 Å². The smallest absolute Gasteiger partial charge is 0.328 e. The zero-order valence-electron chi connectivity index (χ0n) is 15.0. The number of carbonyl (C=O) groups excluding carboxylic acids is 2. The van der Waals surface area contributed by atoms with Gasteiger partial charge in [0.15, 0.2) is 0 Å². The second-order valence-electron chi connectivity index (χ2n) is 6.29. The van der Waals surface area contributed by atoms with Gasteiger partial charge in [-0.3, -0.25) is 0 Å². The van der Waals surface area contributed by atoms with Crippen LogP contribution in [-0.4, -0.2) is 56.2 Å². The van der Waals surface area contributed by atoms with Crippen LogP contribution < -0.4 is 10.2 Å². The van der Waals surface area contributed by atoms with E-state index in [-0.39, 0.29) is 17.8 Å². The van der Waals surface area contributed by atoms with E-state index >= 15 is 0 Å². The molecule has 0 aliphatic carbocycles. The minimum atomic E-state index is -0.641. The van der Waals surface area contributed by atoms with Gasteiger partial charge in [0.25, 0.3) is 0 Å². The van der Waals surface area contributed by atoms with Crippen molar-refractivity contribution in [1.29, 1.82) is 0 Å². The summed E-state index contributed by atoms with van der Waals surface area (Å²) >= 11 is 0. The van der Waals surface area contributed by atoms with E-state index in [1.165, 1.54) is 19.2 Å². The van der Waals surface area contributed by atoms with Crippen LogP contribution in [0.4, 0.5) is 14.9 Å². The molecule has 0 saturated carbocycles. The molecule has 1 aliphatic heterocycles. The Morgan fingerprint density at radius 1 is 1.20 bits per heavy atom. The molecule has 0 radical (unpaired) electrons. The lowest BCUT2D eigenvalue weighted by Gasteiger charge is -2.37. The Kier molecular flexibility index (Phi) is 6.61. The molecule has 138 valence electrons. The normalized spacial score (nSPS) is 17.0. The molecule has 1 aromatic carbocycles. The van der Waals surface area contributed by atoms with Crippen LogP contribution in [0.15, 0.2) is 24.3 Å². The van der Waals surface area contributed by atoms with Crippen molar-refractivity contribution in [3.63, 3.8) is 0 Å². The Balaban J connectivity index is 1.91. The number of benzene rings is 1. The van der Waals surface area contributed by atoms with Crippen molar-refractivity contribution < 1.29 is 18.7 Å². The summed E-state index contributed by atoms with van der Waals surface area (Å²) in [5, 5.41) is 2.79. The highest BCUT2D eigenvalue weighted by Gasteiger charge is 2.29. The van der Waals surface area contributed by atoms with Crippen molar-refractivity contribution in [1.82, 2.24) is 10.2 Å². The van der Waals surface area contributed by atoms with Gasteiger partial charge in [-0.05, 0) is 30.2 Å². The zero-order valence-corrected chi connectivity index (χ0v) is 15.0. The monoisotopic (exact) mass is 351 g/mol. The molecule has 2 amide bonds. The molecule has 2 rings (SSSR count). The number of ether oxygens (including phenoxy) is 1. The van der Waals surface area contributed by atoms with Gasteiger partial charge in [-0.25, -0.2) is 14.0 Å². The third kappa shape index (κ3) is 4.84. The minimum Gasteiger partial charge on any atom is -0.467 e. The van der Waals surface area contributed by atoms with Crippen LogP contribution in [0.5, 0.6) is 0 Å². The molecule has 0 aromatic heterocycles. The van der Waals surface area contributed by atoms with Gasteiger partial charge in [-0.15, -0.1) is 0 Å². The van der Waals surface area contributed by atoms with E-state index in [2.05, 4.69) is 10.2 Å². The summed E-state index contributed by atoms with van der Waals surface area (Å²) in [6.07, 6.45) is 0.762. The molecule has 0 unspecified atom stereocenters. The second kappa shape index (κ2) is 8.69. The predicted octanol–water partition coefficient (Wildman–Crippen LogP) is 2.25. The van der Waals surface area contributed by atoms with Crippen LogP contribution in [0.25, 0.3) is 0 Å². The standard InChI is InChI=1S/C18H26FN3O3/c1-4-13(2)16(17(23)25-3)20-18(24)22-11-9-21(10-12-22)15-7-5-14(19)6-8-15/h5-8,13,16H,4,9-12H2,1-3H3,(H,20,24)/t13-,16+/m1/s1. The summed E-state index contributed by atoms with van der Waals surface area (Å²) in [6, 6.07) is 5.44. The Morgan fingerprint density at radius 3 is 2.32 bits per heavy atom. The van der Waals surface area contributed by atoms with E-state index in [0.29, 0.717) is 26.2 Å². The van der Waals surface area contributed by atoms with E-state index in [1.54, 1.807) is 17.0 Å². The van der Waals surface area contributed by atoms with Crippen LogP contribution in [0, 0.1) is 11.7 Å². The first-order chi connectivity index (χ1) is 12.0. The summed E-state index contributed by atoms with van der Waals surface area (Å²) in [4.78, 5) is 28.2. The van der Waals surface area contributed by atoms with Crippen LogP contribution in [0.2, 0.25) is 0 Å². The Bertz CT molecular complexity index is 586. The summed E-state index contributed by atoms with van der Waals surface area (Å²) < 4.78 is 17.8. The van der Waals surface area contributed by atoms with Crippen LogP contribution in [0.1, 0.15) is 20.3 Å². The summed E-state index contributed by atoms with van der Waals surface area (Å²) in [5.74, 6) is -0.690. The highest BCUT2D eigenvalue weighted by atomic mass is 19.1. The predicted molar refractivity (Wildman–Crippen MR) is 94.0 cm³/mol. The SMILES string of the molecule is CC[C@@H](C)[C@H](NC(=O)N1CCN(c2ccc(F)cc2)CC1)C(=O)OC. The number of halogens is 1. The van der Waals surface area contributed by atoms with Gasteiger partial charge in [-0.1, -0.05) is 20.3 Å². The van der Waals surface area contributed by atoms with Gasteiger partial charge >= 0.3 is 12.0 Å². The first-order valence-electron chi connectivity index (χ1n) is 8.60. The van der Waals surface area contributed by atoms with E-state index in [9.17, 15) is 14.0 Å². The number of urea groups is 1. The van der Waals surface area contributed by atoms with Gasteiger partial charge in [0.2, 0.25) is 0 Å². The molecule has 1 aliphatic rings. The lowest BCUT2D eigenvalue weighted by molar-refractivity contribution is -0.144. The molecule has 1 aromatic rings. The Labute approximate surface area is 147 Å². The number of nitrogens with zero attached hydrogens (tertiary/aromatic N) is 2. The first-order valence-corrected chi connectivity index (χ1v) is 8.60. The molecular formula is C18H26FN3O3. The largest absolute Gasteiger partial charge is 0.467 e. The number of anilines is 1. The highest BCUT2D eigenvalue weighted by Crippen LogP contribution is 2.17. The second-order valence-corrected chi connectivity index (χ2v) is 6.29. The first kappa shape index (κ1) is 19.0. The third-order valence-corrected chi connectivity index (χ3v) is 4.71. The van der Waals surface area contributed by atoms with Crippen molar-refractivity contribution >= 4 is 17.7 Å². The van der Waals surface area contributed by atoms with Crippen molar-refractivity contribution in [2.45, 2.75) is 26.3 Å². The van der Waals surface area contributed by atoms with Gasteiger partial charge in [0.1, 0.15) is 11.9 Å². The minimum absolute atomic E-state index is 0.00287. The van der Waals surface area contributed by atoms with Gasteiger partial charge in [0, 0.05) is 31.9 Å². The van der Waals surface area contributed by atoms with Crippen molar-refractivity contribution in [2.75, 3.05) is 38.2 Å². The van der Waals surface area contributed by atoms with E-state index in [0.717, 1.165) is 12.1 Å². The molecule has 0 bridgehead atoms. The average molecular weight is 351 g/mol. The Hall–Kier alpha value is -2.31. The lowest BCUT2D eigenvalue weighted by Crippen LogP contribution is -2.56. The van der Waals surface area contributed by atoms with Crippen molar-refractivity contribution in [3.05, 3.63) is 30.1 Å². The number of methoxy groups -OCH3 is 1. The van der Waals surface area contributed by atoms with Gasteiger partial charge in [0.05, 0.1) is 7.11 Å². The Morgan fingerprint density at radius 2 is 1.80 bits per heavy atom.